The maximum absolute atomic E-state index is 13.4. The van der Waals surface area contributed by atoms with Crippen molar-refractivity contribution in [2.75, 3.05) is 0 Å². The normalized spacial score (nSPS) is 32.9. The van der Waals surface area contributed by atoms with E-state index in [9.17, 15) is 46.8 Å². The number of hydrogen-bond acceptors (Lipinski definition) is 4. The molecular formula is C33H48F6O4. The lowest BCUT2D eigenvalue weighted by Gasteiger charge is -2.49. The van der Waals surface area contributed by atoms with Crippen LogP contribution in [0.2, 0.25) is 0 Å². The zero-order valence-electron chi connectivity index (χ0n) is 25.7. The van der Waals surface area contributed by atoms with E-state index < -0.39 is 41.2 Å². The van der Waals surface area contributed by atoms with E-state index in [1.54, 1.807) is 13.8 Å². The number of rotatable bonds is 9. The van der Waals surface area contributed by atoms with Crippen LogP contribution in [0.25, 0.3) is 0 Å². The van der Waals surface area contributed by atoms with Crippen LogP contribution in [0.3, 0.4) is 0 Å². The molecule has 0 aromatic rings. The highest BCUT2D eigenvalue weighted by Gasteiger charge is 2.69. The molecule has 4 nitrogen and oxygen atoms in total. The van der Waals surface area contributed by atoms with Crippen molar-refractivity contribution in [3.8, 4) is 0 Å². The summed E-state index contributed by atoms with van der Waals surface area (Å²) in [7, 11) is 0. The molecule has 3 rings (SSSR count). The Kier molecular flexibility index (Phi) is 10.5. The van der Waals surface area contributed by atoms with E-state index in [0.29, 0.717) is 31.3 Å². The number of aliphatic hydroxyl groups is 4. The third-order valence-electron chi connectivity index (χ3n) is 10.4. The fraction of sp³-hybridized carbons (Fsp3) is 0.758. The molecular weight excluding hydrogens is 574 g/mol. The summed E-state index contributed by atoms with van der Waals surface area (Å²) in [5, 5.41) is 40.3. The highest BCUT2D eigenvalue weighted by molar-refractivity contribution is 5.38. The van der Waals surface area contributed by atoms with Gasteiger partial charge in [0.1, 0.15) is 0 Å². The molecule has 10 heteroatoms. The van der Waals surface area contributed by atoms with Crippen molar-refractivity contribution < 1.29 is 46.8 Å². The average molecular weight is 623 g/mol. The Morgan fingerprint density at radius 1 is 0.953 bits per heavy atom. The highest BCUT2D eigenvalue weighted by Crippen LogP contribution is 2.64. The highest BCUT2D eigenvalue weighted by atomic mass is 19.4. The third-order valence-corrected chi connectivity index (χ3v) is 10.4. The van der Waals surface area contributed by atoms with Gasteiger partial charge in [0.2, 0.25) is 0 Å². The van der Waals surface area contributed by atoms with Crippen LogP contribution < -0.4 is 0 Å². The lowest BCUT2D eigenvalue weighted by Crippen LogP contribution is -2.55. The molecule has 0 spiro atoms. The van der Waals surface area contributed by atoms with Gasteiger partial charge in [-0.15, -0.1) is 0 Å². The topological polar surface area (TPSA) is 80.9 Å². The van der Waals surface area contributed by atoms with E-state index in [1.165, 1.54) is 5.57 Å². The summed E-state index contributed by atoms with van der Waals surface area (Å²) in [6, 6.07) is 0. The summed E-state index contributed by atoms with van der Waals surface area (Å²) in [6.07, 6.45) is -2.44. The zero-order valence-corrected chi connectivity index (χ0v) is 25.7. The van der Waals surface area contributed by atoms with Crippen LogP contribution in [0.15, 0.2) is 47.6 Å². The summed E-state index contributed by atoms with van der Waals surface area (Å²) >= 11 is 0. The molecule has 246 valence electrons. The lowest BCUT2D eigenvalue weighted by atomic mass is 9.55. The van der Waals surface area contributed by atoms with Gasteiger partial charge in [0.15, 0.2) is 0 Å². The van der Waals surface area contributed by atoms with Gasteiger partial charge in [0.25, 0.3) is 5.60 Å². The zero-order chi connectivity index (χ0) is 32.6. The Labute approximate surface area is 251 Å². The largest absolute Gasteiger partial charge is 0.429 e. The Hall–Kier alpha value is -1.62. The number of alkyl halides is 6. The number of fused-ring (bicyclic) bond motifs is 1. The van der Waals surface area contributed by atoms with Gasteiger partial charge in [-0.05, 0) is 112 Å². The maximum atomic E-state index is 13.4. The summed E-state index contributed by atoms with van der Waals surface area (Å²) < 4.78 is 80.2. The first kappa shape index (κ1) is 35.9. The van der Waals surface area contributed by atoms with Crippen LogP contribution in [0, 0.1) is 22.7 Å². The second kappa shape index (κ2) is 12.6. The fourth-order valence-corrected chi connectivity index (χ4v) is 8.04. The fourth-order valence-electron chi connectivity index (χ4n) is 8.04. The van der Waals surface area contributed by atoms with E-state index in [0.717, 1.165) is 43.8 Å². The Bertz CT molecular complexity index is 1080. The molecule has 43 heavy (non-hydrogen) atoms. The van der Waals surface area contributed by atoms with Crippen LogP contribution in [-0.2, 0) is 0 Å². The van der Waals surface area contributed by atoms with Gasteiger partial charge >= 0.3 is 12.4 Å². The van der Waals surface area contributed by atoms with E-state index in [1.807, 2.05) is 19.1 Å². The first-order valence-electron chi connectivity index (χ1n) is 15.2. The quantitative estimate of drug-likeness (QED) is 0.156. The Balaban J connectivity index is 1.93. The van der Waals surface area contributed by atoms with E-state index >= 15 is 0 Å². The summed E-state index contributed by atoms with van der Waals surface area (Å²) in [4.78, 5) is 0. The van der Waals surface area contributed by atoms with Crippen molar-refractivity contribution in [1.82, 2.24) is 0 Å². The lowest BCUT2D eigenvalue weighted by molar-refractivity contribution is -0.347. The van der Waals surface area contributed by atoms with E-state index in [4.69, 9.17) is 0 Å². The number of aliphatic hydroxyl groups excluding tert-OH is 2. The average Bonchev–Trinajstić information content (AvgIpc) is 3.21. The van der Waals surface area contributed by atoms with Gasteiger partial charge in [0, 0.05) is 6.42 Å². The molecule has 0 bridgehead atoms. The molecule has 0 aromatic heterocycles. The van der Waals surface area contributed by atoms with Crippen LogP contribution in [0.1, 0.15) is 98.3 Å². The molecule has 0 amide bonds. The number of halogens is 6. The minimum absolute atomic E-state index is 0.0223. The van der Waals surface area contributed by atoms with Gasteiger partial charge in [0.05, 0.1) is 17.8 Å². The number of allylic oxidation sites excluding steroid dienone is 4. The van der Waals surface area contributed by atoms with Crippen molar-refractivity contribution in [1.29, 1.82) is 0 Å². The van der Waals surface area contributed by atoms with Gasteiger partial charge in [-0.2, -0.15) is 26.3 Å². The summed E-state index contributed by atoms with van der Waals surface area (Å²) in [5.74, 6) is 0.139. The summed E-state index contributed by atoms with van der Waals surface area (Å²) in [6.45, 7) is 11.4. The SMILES string of the molecule is C=C1/C(=C\C=C2/CCC[C@@]3(C)C2CC[C@@H]3[C@](C)(C/C=C/C(O)(C(F)(F)F)C(F)(F)F)CCCC(C)(C)O)CC(O)C[C@@H]1O. The molecule has 4 N–H and O–H groups in total. The van der Waals surface area contributed by atoms with Crippen molar-refractivity contribution in [2.45, 2.75) is 134 Å². The van der Waals surface area contributed by atoms with E-state index in [2.05, 4.69) is 13.5 Å². The minimum Gasteiger partial charge on any atom is -0.393 e. The van der Waals surface area contributed by atoms with Crippen LogP contribution in [0.5, 0.6) is 0 Å². The molecule has 0 aromatic carbocycles. The third kappa shape index (κ3) is 7.79. The van der Waals surface area contributed by atoms with Crippen LogP contribution in [-0.4, -0.2) is 56.2 Å². The van der Waals surface area contributed by atoms with Crippen molar-refractivity contribution >= 4 is 0 Å². The molecule has 2 unspecified atom stereocenters. The van der Waals surface area contributed by atoms with Crippen molar-refractivity contribution in [2.24, 2.45) is 22.7 Å². The Morgan fingerprint density at radius 2 is 1.58 bits per heavy atom. The van der Waals surface area contributed by atoms with Gasteiger partial charge in [-0.1, -0.05) is 50.6 Å². The molecule has 0 aliphatic heterocycles. The molecule has 3 fully saturated rings. The first-order valence-corrected chi connectivity index (χ1v) is 15.2. The van der Waals surface area contributed by atoms with Crippen LogP contribution in [0.4, 0.5) is 26.3 Å². The molecule has 3 aliphatic rings. The van der Waals surface area contributed by atoms with Gasteiger partial charge in [-0.3, -0.25) is 0 Å². The van der Waals surface area contributed by atoms with Gasteiger partial charge < -0.3 is 20.4 Å². The van der Waals surface area contributed by atoms with Gasteiger partial charge in [-0.25, -0.2) is 0 Å². The van der Waals surface area contributed by atoms with Crippen molar-refractivity contribution in [3.63, 3.8) is 0 Å². The van der Waals surface area contributed by atoms with Crippen molar-refractivity contribution in [3.05, 3.63) is 47.6 Å². The molecule has 3 saturated carbocycles. The second-order valence-electron chi connectivity index (χ2n) is 14.3. The molecule has 0 saturated heterocycles. The monoisotopic (exact) mass is 622 g/mol. The maximum Gasteiger partial charge on any atom is 0.429 e. The van der Waals surface area contributed by atoms with Crippen LogP contribution >= 0.6 is 0 Å². The predicted octanol–water partition coefficient (Wildman–Crippen LogP) is 7.88. The summed E-state index contributed by atoms with van der Waals surface area (Å²) in [5.41, 5.74) is -4.25. The molecule has 6 atom stereocenters. The first-order chi connectivity index (χ1) is 19.5. The van der Waals surface area contributed by atoms with E-state index in [-0.39, 0.29) is 36.2 Å². The second-order valence-corrected chi connectivity index (χ2v) is 14.3. The number of hydrogen-bond donors (Lipinski definition) is 4. The standard InChI is InChI=1S/C33H48F6O4/c1-21-23(19-24(40)20-26(21)41)11-10-22-9-6-17-30(5)25(22)12-13-27(30)29(4,15-7-14-28(2,3)42)16-8-18-31(43,32(34,35)36)33(37,38)39/h8,10-11,18,24-27,40-43H,1,6-7,9,12-17,19-20H2,2-5H3/b18-8+,22-10+,23-11-/t24?,25?,26-,27+,29-,30-/m0/s1. The smallest absolute Gasteiger partial charge is 0.393 e. The molecule has 0 heterocycles. The molecule has 0 radical (unpaired) electrons. The molecule has 3 aliphatic carbocycles. The Morgan fingerprint density at radius 3 is 2.16 bits per heavy atom. The predicted molar refractivity (Wildman–Crippen MR) is 154 cm³/mol. The minimum atomic E-state index is -5.92.